The fourth-order valence-electron chi connectivity index (χ4n) is 4.02. The van der Waals surface area contributed by atoms with Crippen LogP contribution in [0.5, 0.6) is 0 Å². The molecule has 1 aromatic carbocycles. The molecule has 2 aliphatic heterocycles. The van der Waals surface area contributed by atoms with Gasteiger partial charge in [0.1, 0.15) is 5.60 Å². The largest absolute Gasteiger partial charge is 0.444 e. The van der Waals surface area contributed by atoms with Gasteiger partial charge in [0.2, 0.25) is 0 Å². The van der Waals surface area contributed by atoms with Gasteiger partial charge in [-0.15, -0.1) is 0 Å². The molecule has 0 bridgehead atoms. The van der Waals surface area contributed by atoms with Crippen LogP contribution in [-0.4, -0.2) is 52.4 Å². The average molecular weight is 356 g/mol. The molecule has 1 unspecified atom stereocenters. The molecule has 6 heteroatoms. The van der Waals surface area contributed by atoms with Crippen molar-refractivity contribution in [2.75, 3.05) is 13.1 Å². The minimum Gasteiger partial charge on any atom is -0.444 e. The number of hydrogen-bond acceptors (Lipinski definition) is 4. The summed E-state index contributed by atoms with van der Waals surface area (Å²) in [5, 5.41) is 0. The molecule has 1 aromatic rings. The van der Waals surface area contributed by atoms with Crippen LogP contribution in [0.1, 0.15) is 60.7 Å². The van der Waals surface area contributed by atoms with Crippen molar-refractivity contribution in [2.45, 2.75) is 51.7 Å². The number of hydrogen-bond donors (Lipinski definition) is 0. The van der Waals surface area contributed by atoms with E-state index in [9.17, 15) is 14.4 Å². The molecule has 6 nitrogen and oxygen atoms in total. The van der Waals surface area contributed by atoms with E-state index in [1.54, 1.807) is 29.2 Å². The Kier molecular flexibility index (Phi) is 3.65. The van der Waals surface area contributed by atoms with Gasteiger partial charge in [0.25, 0.3) is 11.8 Å². The molecule has 1 aliphatic carbocycles. The molecule has 1 atom stereocenters. The third-order valence-corrected chi connectivity index (χ3v) is 5.47. The Bertz CT molecular complexity index is 756. The maximum Gasteiger partial charge on any atom is 0.410 e. The van der Waals surface area contributed by atoms with Crippen LogP contribution in [0.15, 0.2) is 24.3 Å². The van der Waals surface area contributed by atoms with E-state index >= 15 is 0 Å². The molecule has 26 heavy (non-hydrogen) atoms. The standard InChI is InChI=1S/C20H24N2O4/c1-19(2,3)26-18(25)22-12-20(8-9-20)10-13(22)11-21-16(23)14-6-4-5-7-15(14)17(21)24/h4-7,13H,8-12H2,1-3H3. The molecule has 0 N–H and O–H groups in total. The van der Waals surface area contributed by atoms with Gasteiger partial charge in [0.05, 0.1) is 17.2 Å². The molecule has 1 saturated heterocycles. The van der Waals surface area contributed by atoms with Gasteiger partial charge < -0.3 is 9.64 Å². The van der Waals surface area contributed by atoms with E-state index in [1.165, 1.54) is 4.90 Å². The van der Waals surface area contributed by atoms with Crippen LogP contribution in [0, 0.1) is 5.41 Å². The summed E-state index contributed by atoms with van der Waals surface area (Å²) in [6, 6.07) is 6.69. The summed E-state index contributed by atoms with van der Waals surface area (Å²) in [7, 11) is 0. The number of nitrogens with zero attached hydrogens (tertiary/aromatic N) is 2. The zero-order valence-electron chi connectivity index (χ0n) is 15.4. The van der Waals surface area contributed by atoms with E-state index in [0.29, 0.717) is 17.7 Å². The lowest BCUT2D eigenvalue weighted by Crippen LogP contribution is -2.46. The molecular weight excluding hydrogens is 332 g/mol. The first-order chi connectivity index (χ1) is 12.2. The van der Waals surface area contributed by atoms with Crippen molar-refractivity contribution in [3.8, 4) is 0 Å². The summed E-state index contributed by atoms with van der Waals surface area (Å²) in [5.74, 6) is -0.544. The number of benzene rings is 1. The molecule has 2 fully saturated rings. The van der Waals surface area contributed by atoms with Gasteiger partial charge in [-0.3, -0.25) is 14.5 Å². The van der Waals surface area contributed by atoms with Crippen LogP contribution >= 0.6 is 0 Å². The quantitative estimate of drug-likeness (QED) is 0.764. The first kappa shape index (κ1) is 17.1. The van der Waals surface area contributed by atoms with E-state index in [-0.39, 0.29) is 35.9 Å². The zero-order valence-corrected chi connectivity index (χ0v) is 15.4. The van der Waals surface area contributed by atoms with E-state index in [4.69, 9.17) is 4.74 Å². The lowest BCUT2D eigenvalue weighted by atomic mass is 10.0. The Balaban J connectivity index is 1.54. The van der Waals surface area contributed by atoms with Crippen LogP contribution < -0.4 is 0 Å². The highest BCUT2D eigenvalue weighted by atomic mass is 16.6. The van der Waals surface area contributed by atoms with Gasteiger partial charge in [-0.2, -0.15) is 0 Å². The van der Waals surface area contributed by atoms with Crippen molar-refractivity contribution in [1.82, 2.24) is 9.80 Å². The van der Waals surface area contributed by atoms with Gasteiger partial charge in [0, 0.05) is 13.1 Å². The maximum absolute atomic E-state index is 12.7. The number of likely N-dealkylation sites (tertiary alicyclic amines) is 1. The Morgan fingerprint density at radius 1 is 1.15 bits per heavy atom. The molecule has 2 heterocycles. The summed E-state index contributed by atoms with van der Waals surface area (Å²) in [5.41, 5.74) is 0.470. The fraction of sp³-hybridized carbons (Fsp3) is 0.550. The smallest absolute Gasteiger partial charge is 0.410 e. The second-order valence-corrected chi connectivity index (χ2v) is 8.73. The van der Waals surface area contributed by atoms with Crippen molar-refractivity contribution >= 4 is 17.9 Å². The van der Waals surface area contributed by atoms with Crippen LogP contribution in [0.3, 0.4) is 0 Å². The molecule has 0 aromatic heterocycles. The lowest BCUT2D eigenvalue weighted by Gasteiger charge is -2.30. The Morgan fingerprint density at radius 2 is 1.73 bits per heavy atom. The third-order valence-electron chi connectivity index (χ3n) is 5.47. The zero-order chi connectivity index (χ0) is 18.7. The first-order valence-electron chi connectivity index (χ1n) is 9.14. The molecular formula is C20H24N2O4. The minimum atomic E-state index is -0.573. The van der Waals surface area contributed by atoms with Gasteiger partial charge in [0.15, 0.2) is 0 Å². The predicted molar refractivity (Wildman–Crippen MR) is 94.8 cm³/mol. The fourth-order valence-corrected chi connectivity index (χ4v) is 4.02. The number of fused-ring (bicyclic) bond motifs is 1. The van der Waals surface area contributed by atoms with Gasteiger partial charge in [-0.25, -0.2) is 4.79 Å². The van der Waals surface area contributed by atoms with E-state index in [0.717, 1.165) is 19.3 Å². The lowest BCUT2D eigenvalue weighted by molar-refractivity contribution is 0.0186. The third kappa shape index (κ3) is 2.87. The van der Waals surface area contributed by atoms with Crippen LogP contribution in [0.4, 0.5) is 4.79 Å². The summed E-state index contributed by atoms with van der Waals surface area (Å²) >= 11 is 0. The first-order valence-corrected chi connectivity index (χ1v) is 9.14. The average Bonchev–Trinajstić information content (AvgIpc) is 3.15. The van der Waals surface area contributed by atoms with Crippen molar-refractivity contribution in [2.24, 2.45) is 5.41 Å². The summed E-state index contributed by atoms with van der Waals surface area (Å²) < 4.78 is 5.55. The summed E-state index contributed by atoms with van der Waals surface area (Å²) in [6.07, 6.45) is 2.64. The monoisotopic (exact) mass is 356 g/mol. The van der Waals surface area contributed by atoms with Gasteiger partial charge in [-0.05, 0) is 57.6 Å². The van der Waals surface area contributed by atoms with E-state index in [2.05, 4.69) is 0 Å². The minimum absolute atomic E-state index is 0.153. The Labute approximate surface area is 153 Å². The van der Waals surface area contributed by atoms with E-state index < -0.39 is 5.60 Å². The summed E-state index contributed by atoms with van der Waals surface area (Å²) in [6.45, 7) is 6.40. The van der Waals surface area contributed by atoms with Gasteiger partial charge in [-0.1, -0.05) is 12.1 Å². The number of rotatable bonds is 2. The second kappa shape index (κ2) is 5.56. The van der Waals surface area contributed by atoms with Crippen LogP contribution in [0.2, 0.25) is 0 Å². The highest BCUT2D eigenvalue weighted by Gasteiger charge is 2.55. The molecule has 138 valence electrons. The van der Waals surface area contributed by atoms with Gasteiger partial charge >= 0.3 is 6.09 Å². The second-order valence-electron chi connectivity index (χ2n) is 8.73. The predicted octanol–water partition coefficient (Wildman–Crippen LogP) is 3.07. The molecule has 1 saturated carbocycles. The number of carbonyl (C=O) groups excluding carboxylic acids is 3. The van der Waals surface area contributed by atoms with Crippen LogP contribution in [-0.2, 0) is 4.74 Å². The molecule has 1 spiro atoms. The molecule has 3 amide bonds. The van der Waals surface area contributed by atoms with Crippen molar-refractivity contribution < 1.29 is 19.1 Å². The maximum atomic E-state index is 12.7. The molecule has 4 rings (SSSR count). The number of carbonyl (C=O) groups is 3. The topological polar surface area (TPSA) is 66.9 Å². The van der Waals surface area contributed by atoms with E-state index in [1.807, 2.05) is 20.8 Å². The molecule has 3 aliphatic rings. The number of imide groups is 1. The summed E-state index contributed by atoms with van der Waals surface area (Å²) in [4.78, 5) is 41.0. The Morgan fingerprint density at radius 3 is 2.23 bits per heavy atom. The SMILES string of the molecule is CC(C)(C)OC(=O)N1CC2(CC2)CC1CN1C(=O)c2ccccc2C1=O. The Hall–Kier alpha value is -2.37. The number of ether oxygens (including phenoxy) is 1. The van der Waals surface area contributed by atoms with Crippen molar-refractivity contribution in [3.05, 3.63) is 35.4 Å². The van der Waals surface area contributed by atoms with Crippen molar-refractivity contribution in [3.63, 3.8) is 0 Å². The highest BCUT2D eigenvalue weighted by molar-refractivity contribution is 6.21. The normalized spacial score (nSPS) is 23.6. The molecule has 0 radical (unpaired) electrons. The highest BCUT2D eigenvalue weighted by Crippen LogP contribution is 2.55. The van der Waals surface area contributed by atoms with Crippen molar-refractivity contribution in [1.29, 1.82) is 0 Å². The number of amides is 3. The van der Waals surface area contributed by atoms with Crippen LogP contribution in [0.25, 0.3) is 0 Å².